The van der Waals surface area contributed by atoms with Gasteiger partial charge in [0.05, 0.1) is 13.1 Å². The molecule has 20 heavy (non-hydrogen) atoms. The predicted octanol–water partition coefficient (Wildman–Crippen LogP) is 2.80. The summed E-state index contributed by atoms with van der Waals surface area (Å²) in [4.78, 5) is 6.33. The lowest BCUT2D eigenvalue weighted by Gasteiger charge is -2.23. The molecule has 2 rings (SSSR count). The van der Waals surface area contributed by atoms with Crippen LogP contribution in [0.15, 0.2) is 28.8 Å². The van der Waals surface area contributed by atoms with Gasteiger partial charge >= 0.3 is 0 Å². The van der Waals surface area contributed by atoms with Crippen LogP contribution in [0, 0.1) is 0 Å². The first kappa shape index (κ1) is 16.9. The smallest absolute Gasteiger partial charge is 0.240 e. The minimum atomic E-state index is 0. The Bertz CT molecular complexity index is 529. The summed E-state index contributed by atoms with van der Waals surface area (Å²) in [6, 6.07) is 8.05. The monoisotopic (exact) mass is 316 g/mol. The molecular formula is C13H18Cl2N4O. The minimum absolute atomic E-state index is 0. The van der Waals surface area contributed by atoms with E-state index in [1.165, 1.54) is 5.56 Å². The Morgan fingerprint density at radius 1 is 1.35 bits per heavy atom. The molecule has 0 bridgehead atoms. The van der Waals surface area contributed by atoms with Crippen LogP contribution in [0.1, 0.15) is 30.2 Å². The molecule has 0 radical (unpaired) electrons. The van der Waals surface area contributed by atoms with Crippen LogP contribution in [0.5, 0.6) is 0 Å². The highest BCUT2D eigenvalue weighted by molar-refractivity contribution is 6.30. The molecule has 0 fully saturated rings. The summed E-state index contributed by atoms with van der Waals surface area (Å²) in [5.41, 5.74) is 6.63. The van der Waals surface area contributed by atoms with Gasteiger partial charge in [-0.05, 0) is 31.7 Å². The number of hydrogen-bond acceptors (Lipinski definition) is 5. The van der Waals surface area contributed by atoms with Crippen LogP contribution >= 0.6 is 24.0 Å². The first-order chi connectivity index (χ1) is 9.10. The van der Waals surface area contributed by atoms with Gasteiger partial charge in [0.2, 0.25) is 5.89 Å². The van der Waals surface area contributed by atoms with Gasteiger partial charge < -0.3 is 10.3 Å². The molecule has 5 nitrogen and oxygen atoms in total. The van der Waals surface area contributed by atoms with Gasteiger partial charge in [-0.2, -0.15) is 4.98 Å². The van der Waals surface area contributed by atoms with E-state index in [4.69, 9.17) is 21.9 Å². The van der Waals surface area contributed by atoms with Gasteiger partial charge in [0, 0.05) is 11.1 Å². The molecule has 1 unspecified atom stereocenters. The minimum Gasteiger partial charge on any atom is -0.338 e. The lowest BCUT2D eigenvalue weighted by molar-refractivity contribution is 0.242. The fourth-order valence-electron chi connectivity index (χ4n) is 1.79. The van der Waals surface area contributed by atoms with Crippen LogP contribution in [0.3, 0.4) is 0 Å². The molecule has 0 saturated heterocycles. The van der Waals surface area contributed by atoms with Crippen molar-refractivity contribution >= 4 is 24.0 Å². The van der Waals surface area contributed by atoms with E-state index in [1.54, 1.807) is 0 Å². The van der Waals surface area contributed by atoms with E-state index in [1.807, 2.05) is 31.3 Å². The lowest BCUT2D eigenvalue weighted by atomic mass is 10.1. The molecule has 1 aromatic carbocycles. The van der Waals surface area contributed by atoms with Gasteiger partial charge in [-0.25, -0.2) is 0 Å². The third kappa shape index (κ3) is 4.18. The summed E-state index contributed by atoms with van der Waals surface area (Å²) < 4.78 is 4.99. The van der Waals surface area contributed by atoms with Gasteiger partial charge in [-0.1, -0.05) is 28.9 Å². The van der Waals surface area contributed by atoms with Crippen molar-refractivity contribution in [3.05, 3.63) is 46.6 Å². The number of aromatic nitrogens is 2. The molecule has 0 aliphatic heterocycles. The highest BCUT2D eigenvalue weighted by Crippen LogP contribution is 2.21. The summed E-state index contributed by atoms with van der Waals surface area (Å²) in [7, 11) is 2.01. The second kappa shape index (κ2) is 7.59. The molecule has 1 heterocycles. The molecule has 0 aliphatic rings. The SMILES string of the molecule is CC(c1ccc(Cl)cc1)N(C)Cc1noc(CN)n1.Cl. The fraction of sp³-hybridized carbons (Fsp3) is 0.385. The summed E-state index contributed by atoms with van der Waals surface area (Å²) in [6.45, 7) is 2.99. The molecule has 2 N–H and O–H groups in total. The second-order valence-electron chi connectivity index (χ2n) is 4.45. The van der Waals surface area contributed by atoms with Crippen LogP contribution in [-0.4, -0.2) is 22.1 Å². The molecular weight excluding hydrogens is 299 g/mol. The molecule has 0 aliphatic carbocycles. The van der Waals surface area contributed by atoms with Crippen molar-refractivity contribution in [3.63, 3.8) is 0 Å². The zero-order valence-corrected chi connectivity index (χ0v) is 13.0. The Kier molecular flexibility index (Phi) is 6.42. The quantitative estimate of drug-likeness (QED) is 0.918. The first-order valence-electron chi connectivity index (χ1n) is 6.07. The molecule has 2 aromatic rings. The third-order valence-corrected chi connectivity index (χ3v) is 3.34. The van der Waals surface area contributed by atoms with Crippen molar-refractivity contribution in [1.29, 1.82) is 0 Å². The number of benzene rings is 1. The maximum absolute atomic E-state index is 5.89. The standard InChI is InChI=1S/C13H17ClN4O.ClH/c1-9(10-3-5-11(14)6-4-10)18(2)8-12-16-13(7-15)19-17-12;/h3-6,9H,7-8,15H2,1-2H3;1H. The summed E-state index contributed by atoms with van der Waals surface area (Å²) in [5, 5.41) is 4.63. The zero-order valence-electron chi connectivity index (χ0n) is 11.4. The van der Waals surface area contributed by atoms with E-state index in [9.17, 15) is 0 Å². The molecule has 1 atom stereocenters. The average Bonchev–Trinajstić information content (AvgIpc) is 2.86. The van der Waals surface area contributed by atoms with Crippen molar-refractivity contribution in [2.45, 2.75) is 26.1 Å². The molecule has 7 heteroatoms. The largest absolute Gasteiger partial charge is 0.338 e. The number of halogens is 2. The highest BCUT2D eigenvalue weighted by atomic mass is 35.5. The van der Waals surface area contributed by atoms with Crippen molar-refractivity contribution in [1.82, 2.24) is 15.0 Å². The normalized spacial score (nSPS) is 12.2. The number of rotatable bonds is 5. The molecule has 0 spiro atoms. The summed E-state index contributed by atoms with van der Waals surface area (Å²) >= 11 is 5.89. The lowest BCUT2D eigenvalue weighted by Crippen LogP contribution is -2.22. The van der Waals surface area contributed by atoms with Crippen molar-refractivity contribution in [2.24, 2.45) is 5.73 Å². The molecule has 1 aromatic heterocycles. The third-order valence-electron chi connectivity index (χ3n) is 3.09. The van der Waals surface area contributed by atoms with Gasteiger partial charge in [-0.3, -0.25) is 4.90 Å². The fourth-order valence-corrected chi connectivity index (χ4v) is 1.92. The second-order valence-corrected chi connectivity index (χ2v) is 4.89. The topological polar surface area (TPSA) is 68.2 Å². The van der Waals surface area contributed by atoms with Crippen LogP contribution in [-0.2, 0) is 13.1 Å². The Hall–Kier alpha value is -1.14. The van der Waals surface area contributed by atoms with E-state index in [2.05, 4.69) is 22.0 Å². The van der Waals surface area contributed by atoms with Crippen molar-refractivity contribution in [2.75, 3.05) is 7.05 Å². The Labute approximate surface area is 129 Å². The predicted molar refractivity (Wildman–Crippen MR) is 80.8 cm³/mol. The maximum atomic E-state index is 5.89. The van der Waals surface area contributed by atoms with E-state index < -0.39 is 0 Å². The van der Waals surface area contributed by atoms with Crippen LogP contribution < -0.4 is 5.73 Å². The van der Waals surface area contributed by atoms with Crippen molar-refractivity contribution in [3.8, 4) is 0 Å². The van der Waals surface area contributed by atoms with E-state index in [0.29, 0.717) is 18.3 Å². The van der Waals surface area contributed by atoms with Gasteiger partial charge in [0.15, 0.2) is 5.82 Å². The van der Waals surface area contributed by atoms with Crippen LogP contribution in [0.4, 0.5) is 0 Å². The van der Waals surface area contributed by atoms with Crippen LogP contribution in [0.25, 0.3) is 0 Å². The Balaban J connectivity index is 0.00000200. The highest BCUT2D eigenvalue weighted by Gasteiger charge is 2.14. The molecule has 0 amide bonds. The average molecular weight is 317 g/mol. The summed E-state index contributed by atoms with van der Waals surface area (Å²) in [6.07, 6.45) is 0. The Morgan fingerprint density at radius 3 is 2.55 bits per heavy atom. The van der Waals surface area contributed by atoms with E-state index >= 15 is 0 Å². The van der Waals surface area contributed by atoms with Gasteiger partial charge in [0.1, 0.15) is 0 Å². The van der Waals surface area contributed by atoms with Crippen LogP contribution in [0.2, 0.25) is 5.02 Å². The van der Waals surface area contributed by atoms with Crippen molar-refractivity contribution < 1.29 is 4.52 Å². The maximum Gasteiger partial charge on any atom is 0.240 e. The Morgan fingerprint density at radius 2 is 2.00 bits per heavy atom. The number of hydrogen-bond donors (Lipinski definition) is 1. The number of nitrogens with two attached hydrogens (primary N) is 1. The van der Waals surface area contributed by atoms with E-state index in [0.717, 1.165) is 5.02 Å². The molecule has 0 saturated carbocycles. The van der Waals surface area contributed by atoms with Gasteiger partial charge in [-0.15, -0.1) is 12.4 Å². The number of nitrogens with zero attached hydrogens (tertiary/aromatic N) is 3. The zero-order chi connectivity index (χ0) is 13.8. The first-order valence-corrected chi connectivity index (χ1v) is 6.45. The van der Waals surface area contributed by atoms with Gasteiger partial charge in [0.25, 0.3) is 0 Å². The summed E-state index contributed by atoms with van der Waals surface area (Å²) in [5.74, 6) is 1.10. The van der Waals surface area contributed by atoms with E-state index in [-0.39, 0.29) is 25.0 Å². The molecule has 110 valence electrons.